The lowest BCUT2D eigenvalue weighted by Gasteiger charge is -2.29. The Bertz CT molecular complexity index is 1000. The summed E-state index contributed by atoms with van der Waals surface area (Å²) in [7, 11) is 7.88. The van der Waals surface area contributed by atoms with Gasteiger partial charge >= 0.3 is 0 Å². The van der Waals surface area contributed by atoms with Crippen LogP contribution in [0.1, 0.15) is 26.7 Å². The fourth-order valence-electron chi connectivity index (χ4n) is 4.41. The predicted octanol–water partition coefficient (Wildman–Crippen LogP) is -5.09. The lowest BCUT2D eigenvalue weighted by atomic mass is 9.93. The number of halogens is 2. The summed E-state index contributed by atoms with van der Waals surface area (Å²) in [6.07, 6.45) is 5.23. The lowest BCUT2D eigenvalue weighted by Crippen LogP contribution is -3.00. The Hall–Kier alpha value is -2.14. The Labute approximate surface area is 184 Å². The molecule has 2 aliphatic carbocycles. The van der Waals surface area contributed by atoms with Crippen molar-refractivity contribution in [2.45, 2.75) is 32.2 Å². The molecule has 4 rings (SSSR count). The molecule has 0 radical (unpaired) electrons. The fraction of sp³-hybridized carbons (Fsp3) is 0.476. The SMILES string of the molecule is C[N+](C)=C=C1CC2=C3CC(=O)N4CN(C(=O)C4(C)C)C3=C1C2=CC=[N+](C)C.[Cl-].[Cl-]. The van der Waals surface area contributed by atoms with Crippen LogP contribution in [0.2, 0.25) is 0 Å². The van der Waals surface area contributed by atoms with Crippen molar-refractivity contribution in [1.82, 2.24) is 9.80 Å². The van der Waals surface area contributed by atoms with Crippen molar-refractivity contribution in [3.8, 4) is 0 Å². The average Bonchev–Trinajstić information content (AvgIpc) is 3.06. The van der Waals surface area contributed by atoms with Crippen LogP contribution in [0.5, 0.6) is 0 Å². The van der Waals surface area contributed by atoms with Gasteiger partial charge in [-0.25, -0.2) is 4.58 Å². The number of rotatable bonds is 1. The van der Waals surface area contributed by atoms with Crippen molar-refractivity contribution in [2.24, 2.45) is 0 Å². The van der Waals surface area contributed by atoms with Gasteiger partial charge < -0.3 is 29.7 Å². The third-order valence-corrected chi connectivity index (χ3v) is 5.66. The molecule has 0 spiro atoms. The Morgan fingerprint density at radius 3 is 2.28 bits per heavy atom. The number of allylic oxidation sites excluding steroid dienone is 6. The zero-order valence-corrected chi connectivity index (χ0v) is 19.1. The van der Waals surface area contributed by atoms with E-state index >= 15 is 0 Å². The first-order valence-corrected chi connectivity index (χ1v) is 9.24. The second-order valence-electron chi connectivity index (χ2n) is 8.47. The van der Waals surface area contributed by atoms with Crippen LogP contribution in [0.4, 0.5) is 0 Å². The van der Waals surface area contributed by atoms with Gasteiger partial charge in [-0.2, -0.15) is 4.58 Å². The maximum Gasteiger partial charge on any atom is 0.253 e. The molecular formula is C21H26Cl2N4O2. The highest BCUT2D eigenvalue weighted by molar-refractivity contribution is 6.01. The number of fused-ring (bicyclic) bond motifs is 6. The van der Waals surface area contributed by atoms with Crippen LogP contribution in [-0.2, 0) is 9.59 Å². The fourth-order valence-corrected chi connectivity index (χ4v) is 4.41. The second-order valence-corrected chi connectivity index (χ2v) is 8.47. The van der Waals surface area contributed by atoms with Crippen LogP contribution in [-0.4, -0.2) is 83.2 Å². The maximum atomic E-state index is 13.1. The van der Waals surface area contributed by atoms with E-state index < -0.39 is 5.54 Å². The van der Waals surface area contributed by atoms with Crippen LogP contribution in [0.15, 0.2) is 39.6 Å². The Kier molecular flexibility index (Phi) is 6.06. The summed E-state index contributed by atoms with van der Waals surface area (Å²) < 4.78 is 3.91. The maximum absolute atomic E-state index is 13.1. The van der Waals surface area contributed by atoms with Crippen LogP contribution in [0.3, 0.4) is 0 Å². The van der Waals surface area contributed by atoms with Gasteiger partial charge in [0.15, 0.2) is 12.1 Å². The van der Waals surface area contributed by atoms with Gasteiger partial charge in [0, 0.05) is 18.1 Å². The molecule has 0 N–H and O–H groups in total. The molecule has 8 heteroatoms. The van der Waals surface area contributed by atoms with E-state index in [4.69, 9.17) is 0 Å². The predicted molar refractivity (Wildman–Crippen MR) is 103 cm³/mol. The van der Waals surface area contributed by atoms with Gasteiger partial charge in [0.1, 0.15) is 40.4 Å². The van der Waals surface area contributed by atoms with Crippen molar-refractivity contribution < 1.29 is 43.6 Å². The zero-order valence-electron chi connectivity index (χ0n) is 17.6. The average molecular weight is 437 g/mol. The van der Waals surface area contributed by atoms with Gasteiger partial charge in [-0.3, -0.25) is 14.5 Å². The summed E-state index contributed by atoms with van der Waals surface area (Å²) >= 11 is 0. The molecule has 2 amide bonds. The molecule has 0 atom stereocenters. The van der Waals surface area contributed by atoms with E-state index in [1.54, 1.807) is 4.90 Å². The van der Waals surface area contributed by atoms with Crippen LogP contribution < -0.4 is 24.8 Å². The molecule has 4 aliphatic rings. The molecule has 0 aromatic rings. The van der Waals surface area contributed by atoms with Gasteiger partial charge in [0.2, 0.25) is 5.91 Å². The highest BCUT2D eigenvalue weighted by atomic mass is 35.5. The first-order valence-electron chi connectivity index (χ1n) is 9.24. The monoisotopic (exact) mass is 436 g/mol. The number of amides is 2. The minimum atomic E-state index is -0.794. The van der Waals surface area contributed by atoms with E-state index in [0.717, 1.165) is 40.0 Å². The van der Waals surface area contributed by atoms with E-state index in [2.05, 4.69) is 11.9 Å². The quantitative estimate of drug-likeness (QED) is 0.305. The number of carbonyl (C=O) groups excluding carboxylic acids is 2. The number of carbonyl (C=O) groups is 2. The molecule has 6 nitrogen and oxygen atoms in total. The van der Waals surface area contributed by atoms with Gasteiger partial charge in [0.05, 0.1) is 17.7 Å². The van der Waals surface area contributed by atoms with E-state index in [1.165, 1.54) is 0 Å². The molecule has 2 saturated heterocycles. The summed E-state index contributed by atoms with van der Waals surface area (Å²) in [6, 6.07) is 0. The highest BCUT2D eigenvalue weighted by Gasteiger charge is 2.55. The lowest BCUT2D eigenvalue weighted by molar-refractivity contribution is -0.458. The molecule has 29 heavy (non-hydrogen) atoms. The van der Waals surface area contributed by atoms with Gasteiger partial charge in [-0.15, -0.1) is 0 Å². The minimum absolute atomic E-state index is 0. The standard InChI is InChI=1S/C21H26N4O2.2ClH/c1-21(2)20(27)24-12-25(21)17(26)10-16-15-9-13(11-23(5)6)18(19(16)24)14(15)7-8-22(3)4;;/h7-8H,9-10,12H2,1-6H3;2*1H/q+2;;/p-2. The normalized spacial score (nSPS) is 22.4. The van der Waals surface area contributed by atoms with Crippen LogP contribution >= 0.6 is 0 Å². The van der Waals surface area contributed by atoms with Crippen molar-refractivity contribution in [1.29, 1.82) is 0 Å². The Morgan fingerprint density at radius 2 is 1.69 bits per heavy atom. The zero-order chi connectivity index (χ0) is 19.7. The summed E-state index contributed by atoms with van der Waals surface area (Å²) in [5.74, 6) is 3.42. The van der Waals surface area contributed by atoms with Gasteiger partial charge in [0.25, 0.3) is 5.91 Å². The van der Waals surface area contributed by atoms with Crippen molar-refractivity contribution in [2.75, 3.05) is 34.9 Å². The summed E-state index contributed by atoms with van der Waals surface area (Å²) in [5.41, 5.74) is 5.58. The van der Waals surface area contributed by atoms with Crippen LogP contribution in [0.25, 0.3) is 0 Å². The van der Waals surface area contributed by atoms with E-state index in [9.17, 15) is 9.59 Å². The molecule has 0 aromatic carbocycles. The summed E-state index contributed by atoms with van der Waals surface area (Å²) in [6.45, 7) is 4.01. The smallest absolute Gasteiger partial charge is 0.253 e. The van der Waals surface area contributed by atoms with Gasteiger partial charge in [-0.1, -0.05) is 0 Å². The Balaban J connectivity index is 0.00000150. The Morgan fingerprint density at radius 1 is 1.03 bits per heavy atom. The molecule has 1 saturated carbocycles. The molecule has 0 unspecified atom stereocenters. The molecular weight excluding hydrogens is 411 g/mol. The summed E-state index contributed by atoms with van der Waals surface area (Å²) in [4.78, 5) is 29.6. The topological polar surface area (TPSA) is 46.6 Å². The third-order valence-electron chi connectivity index (χ3n) is 5.66. The molecule has 2 aliphatic heterocycles. The largest absolute Gasteiger partial charge is 1.00 e. The minimum Gasteiger partial charge on any atom is -1.00 e. The van der Waals surface area contributed by atoms with E-state index in [0.29, 0.717) is 13.1 Å². The third kappa shape index (κ3) is 3.29. The second kappa shape index (κ2) is 7.60. The molecule has 4 bridgehead atoms. The first kappa shape index (κ1) is 23.1. The number of hydrogen-bond donors (Lipinski definition) is 0. The van der Waals surface area contributed by atoms with Gasteiger partial charge in [-0.05, 0) is 30.6 Å². The van der Waals surface area contributed by atoms with Crippen molar-refractivity contribution in [3.05, 3.63) is 39.6 Å². The molecule has 3 fully saturated rings. The molecule has 156 valence electrons. The van der Waals surface area contributed by atoms with Crippen molar-refractivity contribution in [3.63, 3.8) is 0 Å². The number of hydrogen-bond acceptors (Lipinski definition) is 2. The van der Waals surface area contributed by atoms with E-state index in [-0.39, 0.29) is 36.6 Å². The van der Waals surface area contributed by atoms with Crippen LogP contribution in [0, 0.1) is 0 Å². The van der Waals surface area contributed by atoms with E-state index in [1.807, 2.05) is 62.3 Å². The molecule has 0 aromatic heterocycles. The summed E-state index contributed by atoms with van der Waals surface area (Å²) in [5, 5.41) is 0. The molecule has 2 heterocycles. The highest BCUT2D eigenvalue weighted by Crippen LogP contribution is 2.54. The van der Waals surface area contributed by atoms with Crippen molar-refractivity contribution >= 4 is 23.9 Å². The first-order chi connectivity index (χ1) is 12.6. The number of nitrogens with zero attached hydrogens (tertiary/aromatic N) is 4.